The van der Waals surface area contributed by atoms with E-state index in [0.29, 0.717) is 19.5 Å². The van der Waals surface area contributed by atoms with E-state index in [-0.39, 0.29) is 35.8 Å². The van der Waals surface area contributed by atoms with Gasteiger partial charge in [0.2, 0.25) is 0 Å². The van der Waals surface area contributed by atoms with Crippen LogP contribution in [0, 0.1) is 5.92 Å². The number of amides is 3. The largest absolute Gasteiger partial charge is 0.445 e. The third kappa shape index (κ3) is 5.33. The smallest absolute Gasteiger partial charge is 0.410 e. The van der Waals surface area contributed by atoms with Gasteiger partial charge >= 0.3 is 6.09 Å². The molecule has 3 amide bonds. The highest BCUT2D eigenvalue weighted by atomic mass is 32.1. The van der Waals surface area contributed by atoms with Crippen molar-refractivity contribution in [3.05, 3.63) is 60.2 Å². The molecule has 2 saturated heterocycles. The molecule has 30 heavy (non-hydrogen) atoms. The van der Waals surface area contributed by atoms with Crippen LogP contribution in [-0.4, -0.2) is 52.5 Å². The first-order valence-corrected chi connectivity index (χ1v) is 10.3. The zero-order valence-electron chi connectivity index (χ0n) is 16.7. The Kier molecular flexibility index (Phi) is 7.35. The van der Waals surface area contributed by atoms with Crippen LogP contribution in [0.1, 0.15) is 24.8 Å². The third-order valence-electron chi connectivity index (χ3n) is 5.14. The van der Waals surface area contributed by atoms with E-state index >= 15 is 0 Å². The van der Waals surface area contributed by atoms with E-state index in [1.165, 1.54) is 4.90 Å². The van der Waals surface area contributed by atoms with Crippen molar-refractivity contribution in [1.29, 1.82) is 0 Å². The number of carbonyl (C=O) groups excluding carboxylic acids is 3. The summed E-state index contributed by atoms with van der Waals surface area (Å²) in [5.74, 6) is -0.753. The Morgan fingerprint density at radius 3 is 2.80 bits per heavy atom. The fraction of sp³-hybridized carbons (Fsp3) is 0.364. The van der Waals surface area contributed by atoms with Gasteiger partial charge < -0.3 is 9.64 Å². The van der Waals surface area contributed by atoms with Crippen LogP contribution in [0.25, 0.3) is 0 Å². The third-order valence-corrected chi connectivity index (χ3v) is 5.46. The lowest BCUT2D eigenvalue weighted by Crippen LogP contribution is -2.54. The summed E-state index contributed by atoms with van der Waals surface area (Å²) in [5.41, 5.74) is 1.02. The Bertz CT molecular complexity index is 868. The normalized spacial score (nSPS) is 20.9. The summed E-state index contributed by atoms with van der Waals surface area (Å²) < 4.78 is 5.42. The summed E-state index contributed by atoms with van der Waals surface area (Å²) in [4.78, 5) is 40.2. The molecule has 0 saturated carbocycles. The first-order valence-electron chi connectivity index (χ1n) is 9.93. The Morgan fingerprint density at radius 2 is 2.07 bits per heavy atom. The van der Waals surface area contributed by atoms with Crippen LogP contribution < -0.4 is 5.32 Å². The topological polar surface area (TPSA) is 79.0 Å². The zero-order valence-corrected chi connectivity index (χ0v) is 17.5. The number of thiocarbonyl (C=S) groups is 1. The number of carbonyl (C=O) groups is 3. The second-order valence-corrected chi connectivity index (χ2v) is 7.70. The zero-order chi connectivity index (χ0) is 21.5. The second-order valence-electron chi connectivity index (χ2n) is 7.31. The van der Waals surface area contributed by atoms with Crippen molar-refractivity contribution in [2.24, 2.45) is 5.92 Å². The number of likely N-dealkylation sites (tertiary alicyclic amines) is 1. The number of allylic oxidation sites excluding steroid dienone is 1. The molecular formula is C22H25N3O4S. The predicted molar refractivity (Wildman–Crippen MR) is 116 cm³/mol. The predicted octanol–water partition coefficient (Wildman–Crippen LogP) is 2.78. The van der Waals surface area contributed by atoms with Crippen LogP contribution in [0.15, 0.2) is 54.6 Å². The lowest BCUT2D eigenvalue weighted by atomic mass is 9.93. The number of benzene rings is 1. The molecule has 0 radical (unpaired) electrons. The number of nitrogens with one attached hydrogen (secondary N) is 1. The standard InChI is InChI=1S/C22H25N3O4S/c1-2-12-25-20(27)18(19(26)23-21(25)30)11-10-16-9-6-13-24(14-16)22(28)29-15-17-7-4-3-5-8-17/h2-5,7-8,11,16H,1,6,9-10,12-15H2,(H,23,26,30)/b18-11-. The van der Waals surface area contributed by atoms with E-state index in [2.05, 4.69) is 11.9 Å². The van der Waals surface area contributed by atoms with E-state index < -0.39 is 11.8 Å². The van der Waals surface area contributed by atoms with Crippen molar-refractivity contribution in [2.75, 3.05) is 19.6 Å². The summed E-state index contributed by atoms with van der Waals surface area (Å²) >= 11 is 5.05. The highest BCUT2D eigenvalue weighted by molar-refractivity contribution is 7.80. The van der Waals surface area contributed by atoms with Crippen molar-refractivity contribution in [2.45, 2.75) is 25.9 Å². The minimum atomic E-state index is -0.486. The molecule has 0 bridgehead atoms. The van der Waals surface area contributed by atoms with Gasteiger partial charge in [0.05, 0.1) is 0 Å². The highest BCUT2D eigenvalue weighted by Gasteiger charge is 2.33. The molecule has 2 aliphatic rings. The summed E-state index contributed by atoms with van der Waals surface area (Å²) in [6.45, 7) is 5.25. The number of hydrogen-bond acceptors (Lipinski definition) is 5. The van der Waals surface area contributed by atoms with Gasteiger partial charge in [-0.25, -0.2) is 4.79 Å². The first kappa shape index (κ1) is 21.7. The van der Waals surface area contributed by atoms with Crippen LogP contribution in [-0.2, 0) is 20.9 Å². The second kappa shape index (κ2) is 10.2. The molecule has 0 aliphatic carbocycles. The van der Waals surface area contributed by atoms with Gasteiger partial charge in [-0.2, -0.15) is 0 Å². The van der Waals surface area contributed by atoms with Gasteiger partial charge in [0.1, 0.15) is 12.2 Å². The minimum absolute atomic E-state index is 0.0780. The van der Waals surface area contributed by atoms with E-state index in [1.54, 1.807) is 17.1 Å². The molecule has 2 fully saturated rings. The van der Waals surface area contributed by atoms with E-state index in [0.717, 1.165) is 18.4 Å². The number of piperidine rings is 1. The lowest BCUT2D eigenvalue weighted by Gasteiger charge is -2.32. The van der Waals surface area contributed by atoms with Crippen LogP contribution in [0.3, 0.4) is 0 Å². The van der Waals surface area contributed by atoms with Gasteiger partial charge in [-0.05, 0) is 43.0 Å². The van der Waals surface area contributed by atoms with Gasteiger partial charge in [0.25, 0.3) is 11.8 Å². The van der Waals surface area contributed by atoms with Gasteiger partial charge in [0.15, 0.2) is 5.11 Å². The number of ether oxygens (including phenoxy) is 1. The summed E-state index contributed by atoms with van der Waals surface area (Å²) in [6.07, 6.45) is 5.15. The fourth-order valence-electron chi connectivity index (χ4n) is 3.56. The molecule has 2 heterocycles. The quantitative estimate of drug-likeness (QED) is 0.327. The Labute approximate surface area is 181 Å². The minimum Gasteiger partial charge on any atom is -0.445 e. The average Bonchev–Trinajstić information content (AvgIpc) is 2.75. The van der Waals surface area contributed by atoms with Crippen molar-refractivity contribution in [3.63, 3.8) is 0 Å². The van der Waals surface area contributed by atoms with Crippen LogP contribution in [0.4, 0.5) is 4.79 Å². The average molecular weight is 428 g/mol. The van der Waals surface area contributed by atoms with E-state index in [9.17, 15) is 14.4 Å². The molecule has 7 nitrogen and oxygen atoms in total. The van der Waals surface area contributed by atoms with E-state index in [1.807, 2.05) is 30.3 Å². The number of rotatable bonds is 6. The van der Waals surface area contributed by atoms with Crippen molar-refractivity contribution in [3.8, 4) is 0 Å². The van der Waals surface area contributed by atoms with Crippen LogP contribution >= 0.6 is 12.2 Å². The molecule has 8 heteroatoms. The molecule has 2 aliphatic heterocycles. The van der Waals surface area contributed by atoms with Crippen molar-refractivity contribution in [1.82, 2.24) is 15.1 Å². The molecule has 1 N–H and O–H groups in total. The van der Waals surface area contributed by atoms with Crippen molar-refractivity contribution >= 4 is 35.2 Å². The summed E-state index contributed by atoms with van der Waals surface area (Å²) in [6, 6.07) is 9.53. The Morgan fingerprint density at radius 1 is 1.30 bits per heavy atom. The van der Waals surface area contributed by atoms with Crippen molar-refractivity contribution < 1.29 is 19.1 Å². The van der Waals surface area contributed by atoms with Gasteiger partial charge in [-0.3, -0.25) is 19.8 Å². The molecule has 1 aromatic rings. The molecule has 1 aromatic carbocycles. The SMILES string of the molecule is C=CCN1C(=O)/C(=C\CC2CCCN(C(=O)OCc3ccccc3)C2)C(=O)NC1=S. The number of hydrogen-bond donors (Lipinski definition) is 1. The number of nitrogens with zero attached hydrogens (tertiary/aromatic N) is 2. The van der Waals surface area contributed by atoms with Gasteiger partial charge in [-0.15, -0.1) is 6.58 Å². The molecule has 0 spiro atoms. The molecule has 0 aromatic heterocycles. The maximum absolute atomic E-state index is 12.6. The maximum Gasteiger partial charge on any atom is 0.410 e. The molecule has 1 unspecified atom stereocenters. The fourth-order valence-corrected chi connectivity index (χ4v) is 3.81. The molecular weight excluding hydrogens is 402 g/mol. The van der Waals surface area contributed by atoms with Crippen LogP contribution in [0.5, 0.6) is 0 Å². The first-order chi connectivity index (χ1) is 14.5. The highest BCUT2D eigenvalue weighted by Crippen LogP contribution is 2.22. The Balaban J connectivity index is 1.56. The molecule has 3 rings (SSSR count). The monoisotopic (exact) mass is 427 g/mol. The Hall–Kier alpha value is -3.00. The summed E-state index contributed by atoms with van der Waals surface area (Å²) in [7, 11) is 0. The molecule has 158 valence electrons. The lowest BCUT2D eigenvalue weighted by molar-refractivity contribution is -0.128. The molecule has 1 atom stereocenters. The van der Waals surface area contributed by atoms with Gasteiger partial charge in [0, 0.05) is 19.6 Å². The summed E-state index contributed by atoms with van der Waals surface area (Å²) in [5, 5.41) is 2.63. The van der Waals surface area contributed by atoms with Gasteiger partial charge in [-0.1, -0.05) is 42.5 Å². The maximum atomic E-state index is 12.6. The van der Waals surface area contributed by atoms with E-state index in [4.69, 9.17) is 17.0 Å². The van der Waals surface area contributed by atoms with Crippen LogP contribution in [0.2, 0.25) is 0 Å².